The van der Waals surface area contributed by atoms with Crippen molar-refractivity contribution in [3.05, 3.63) is 12.2 Å². The third-order valence-corrected chi connectivity index (χ3v) is 4.07. The molecule has 0 aromatic heterocycles. The van der Waals surface area contributed by atoms with E-state index in [4.69, 9.17) is 4.74 Å². The number of aliphatic carboxylic acids is 1. The van der Waals surface area contributed by atoms with Gasteiger partial charge in [0.1, 0.15) is 0 Å². The number of carbonyl (C=O) groups excluding carboxylic acids is 2. The average Bonchev–Trinajstić information content (AvgIpc) is 2.24. The summed E-state index contributed by atoms with van der Waals surface area (Å²) in [6, 6.07) is 0. The first-order valence-corrected chi connectivity index (χ1v) is 5.27. The van der Waals surface area contributed by atoms with E-state index in [9.17, 15) is 14.7 Å². The molecular weight excluding hydrogens is 231 g/mol. The van der Waals surface area contributed by atoms with Gasteiger partial charge in [-0.3, -0.25) is 4.79 Å². The van der Waals surface area contributed by atoms with Gasteiger partial charge in [0, 0.05) is 11.4 Å². The van der Waals surface area contributed by atoms with Gasteiger partial charge in [0.2, 0.25) is 0 Å². The minimum absolute atomic E-state index is 0. The Morgan fingerprint density at radius 2 is 1.94 bits per heavy atom. The van der Waals surface area contributed by atoms with E-state index in [1.165, 1.54) is 7.11 Å². The fourth-order valence-corrected chi connectivity index (χ4v) is 2.35. The first-order chi connectivity index (χ1) is 7.30. The number of rotatable bonds is 2. The summed E-state index contributed by atoms with van der Waals surface area (Å²) in [5.41, 5.74) is -2.32. The largest absolute Gasteiger partial charge is 1.00 e. The molecule has 0 radical (unpaired) electrons. The molecule has 0 aromatic rings. The van der Waals surface area contributed by atoms with Crippen molar-refractivity contribution in [1.29, 1.82) is 0 Å². The van der Waals surface area contributed by atoms with Gasteiger partial charge in [0.15, 0.2) is 0 Å². The number of ether oxygens (including phenoxy) is 1. The normalized spacial score (nSPS) is 35.9. The molecule has 0 bridgehead atoms. The zero-order chi connectivity index (χ0) is 12.6. The molecule has 0 aliphatic heterocycles. The van der Waals surface area contributed by atoms with E-state index in [0.29, 0.717) is 6.42 Å². The predicted octanol–water partition coefficient (Wildman–Crippen LogP) is -2.48. The topological polar surface area (TPSA) is 66.4 Å². The minimum atomic E-state index is -1.24. The second-order valence-corrected chi connectivity index (χ2v) is 4.73. The van der Waals surface area contributed by atoms with Crippen LogP contribution in [0.25, 0.3) is 0 Å². The van der Waals surface area contributed by atoms with Gasteiger partial charge in [-0.2, -0.15) is 0 Å². The molecule has 90 valence electrons. The van der Waals surface area contributed by atoms with Crippen molar-refractivity contribution in [2.24, 2.45) is 16.7 Å². The van der Waals surface area contributed by atoms with Gasteiger partial charge >= 0.3 is 35.5 Å². The molecule has 1 rings (SSSR count). The maximum absolute atomic E-state index is 11.8. The Bertz CT molecular complexity index is 352. The predicted molar refractivity (Wildman–Crippen MR) is 56.2 cm³/mol. The first kappa shape index (κ1) is 16.7. The number of carbonyl (C=O) groups is 2. The molecule has 1 aliphatic rings. The van der Waals surface area contributed by atoms with Crippen LogP contribution >= 0.6 is 0 Å². The average molecular weight is 248 g/mol. The van der Waals surface area contributed by atoms with Crippen LogP contribution in [0.15, 0.2) is 12.2 Å². The molecule has 0 saturated heterocycles. The Morgan fingerprint density at radius 1 is 1.41 bits per heavy atom. The van der Waals surface area contributed by atoms with E-state index >= 15 is 0 Å². The van der Waals surface area contributed by atoms with Gasteiger partial charge < -0.3 is 14.6 Å². The fourth-order valence-electron chi connectivity index (χ4n) is 2.35. The maximum Gasteiger partial charge on any atom is 1.00 e. The number of carboxylic acids is 1. The number of allylic oxidation sites excluding steroid dienone is 2. The number of carboxylic acid groups (broad SMARTS) is 1. The molecule has 1 aliphatic carbocycles. The molecular formula is C12H17NaO4. The van der Waals surface area contributed by atoms with Crippen LogP contribution in [0, 0.1) is 16.7 Å². The summed E-state index contributed by atoms with van der Waals surface area (Å²) in [6.45, 7) is 4.94. The van der Waals surface area contributed by atoms with Gasteiger partial charge in [0.05, 0.1) is 12.5 Å². The maximum atomic E-state index is 11.8. The van der Waals surface area contributed by atoms with Gasteiger partial charge in [-0.05, 0) is 19.3 Å². The molecule has 0 spiro atoms. The molecule has 0 saturated carbocycles. The molecule has 0 unspecified atom stereocenters. The quantitative estimate of drug-likeness (QED) is 0.308. The molecule has 17 heavy (non-hydrogen) atoms. The van der Waals surface area contributed by atoms with Crippen molar-refractivity contribution in [2.75, 3.05) is 7.11 Å². The van der Waals surface area contributed by atoms with Crippen LogP contribution in [0.1, 0.15) is 27.2 Å². The summed E-state index contributed by atoms with van der Waals surface area (Å²) in [5.74, 6) is -1.98. The third-order valence-electron chi connectivity index (χ3n) is 4.07. The summed E-state index contributed by atoms with van der Waals surface area (Å²) in [7, 11) is 1.27. The van der Waals surface area contributed by atoms with E-state index in [0.717, 1.165) is 0 Å². The van der Waals surface area contributed by atoms with E-state index in [1.807, 2.05) is 6.08 Å². The standard InChI is InChI=1S/C12H18O4.Na/c1-8-6-5-7-11(2,10(15)16-4)12(8,3)9(13)14;/h5-6,8H,7H2,1-4H3,(H,13,14);/q;+1/p-1/t8-,11-,12+;/m1./s1. The van der Waals surface area contributed by atoms with Gasteiger partial charge in [-0.1, -0.05) is 26.0 Å². The Labute approximate surface area is 124 Å². The summed E-state index contributed by atoms with van der Waals surface area (Å²) >= 11 is 0. The molecule has 0 amide bonds. The second kappa shape index (κ2) is 5.55. The van der Waals surface area contributed by atoms with Crippen LogP contribution in [0.2, 0.25) is 0 Å². The third kappa shape index (κ3) is 2.30. The van der Waals surface area contributed by atoms with Crippen LogP contribution in [0.3, 0.4) is 0 Å². The molecule has 4 nitrogen and oxygen atoms in total. The van der Waals surface area contributed by atoms with Crippen molar-refractivity contribution < 1.29 is 49.0 Å². The summed E-state index contributed by atoms with van der Waals surface area (Å²) in [4.78, 5) is 23.2. The smallest absolute Gasteiger partial charge is 0.550 e. The molecule has 3 atom stereocenters. The van der Waals surface area contributed by atoms with Crippen molar-refractivity contribution in [2.45, 2.75) is 27.2 Å². The van der Waals surface area contributed by atoms with Crippen molar-refractivity contribution >= 4 is 11.9 Å². The van der Waals surface area contributed by atoms with Crippen LogP contribution in [0.5, 0.6) is 0 Å². The zero-order valence-corrected chi connectivity index (χ0v) is 13.1. The first-order valence-electron chi connectivity index (χ1n) is 5.27. The van der Waals surface area contributed by atoms with Crippen molar-refractivity contribution in [1.82, 2.24) is 0 Å². The van der Waals surface area contributed by atoms with Crippen LogP contribution in [0.4, 0.5) is 0 Å². The van der Waals surface area contributed by atoms with Crippen molar-refractivity contribution in [3.8, 4) is 0 Å². The van der Waals surface area contributed by atoms with E-state index < -0.39 is 22.8 Å². The number of hydrogen-bond acceptors (Lipinski definition) is 4. The van der Waals surface area contributed by atoms with Gasteiger partial charge in [-0.15, -0.1) is 0 Å². The second-order valence-electron chi connectivity index (χ2n) is 4.73. The molecule has 0 aromatic carbocycles. The number of esters is 1. The Hall–Kier alpha value is -0.320. The van der Waals surface area contributed by atoms with Crippen LogP contribution in [-0.2, 0) is 14.3 Å². The minimum Gasteiger partial charge on any atom is -0.550 e. The SMILES string of the molecule is COC(=O)[C@@]1(C)CC=C[C@@H](C)[C@@]1(C)C(=O)[O-].[Na+]. The summed E-state index contributed by atoms with van der Waals surface area (Å²) < 4.78 is 4.72. The number of hydrogen-bond donors (Lipinski definition) is 0. The molecule has 5 heteroatoms. The Morgan fingerprint density at radius 3 is 2.35 bits per heavy atom. The van der Waals surface area contributed by atoms with Crippen molar-refractivity contribution in [3.63, 3.8) is 0 Å². The Balaban J connectivity index is 0.00000256. The van der Waals surface area contributed by atoms with Gasteiger partial charge in [-0.25, -0.2) is 0 Å². The molecule has 0 fully saturated rings. The Kier molecular flexibility index (Phi) is 5.44. The molecule has 0 N–H and O–H groups in total. The number of methoxy groups -OCH3 is 1. The monoisotopic (exact) mass is 248 g/mol. The summed E-state index contributed by atoms with van der Waals surface area (Å²) in [5, 5.41) is 11.4. The van der Waals surface area contributed by atoms with Gasteiger partial charge in [0.25, 0.3) is 0 Å². The zero-order valence-electron chi connectivity index (χ0n) is 11.1. The summed E-state index contributed by atoms with van der Waals surface area (Å²) in [6.07, 6.45) is 3.99. The van der Waals surface area contributed by atoms with Crippen LogP contribution in [-0.4, -0.2) is 19.0 Å². The van der Waals surface area contributed by atoms with E-state index in [2.05, 4.69) is 0 Å². The van der Waals surface area contributed by atoms with E-state index in [-0.39, 0.29) is 35.5 Å². The van der Waals surface area contributed by atoms with E-state index in [1.54, 1.807) is 26.8 Å². The molecule has 0 heterocycles. The van der Waals surface area contributed by atoms with Crippen LogP contribution < -0.4 is 34.7 Å². The fraction of sp³-hybridized carbons (Fsp3) is 0.667.